The number of esters is 1. The smallest absolute Gasteiger partial charge is 0.343 e. The second-order valence-electron chi connectivity index (χ2n) is 4.81. The average Bonchev–Trinajstić information content (AvgIpc) is 2.39. The number of rotatable bonds is 13. The summed E-state index contributed by atoms with van der Waals surface area (Å²) >= 11 is 3.82. The van der Waals surface area contributed by atoms with Crippen LogP contribution >= 0.6 is 12.6 Å². The zero-order valence-corrected chi connectivity index (χ0v) is 13.1. The van der Waals surface area contributed by atoms with E-state index in [2.05, 4.69) is 31.4 Å². The minimum Gasteiger partial charge on any atom is -0.460 e. The van der Waals surface area contributed by atoms with Gasteiger partial charge in [0.15, 0.2) is 0 Å². The molecule has 0 amide bonds. The lowest BCUT2D eigenvalue weighted by molar-refractivity contribution is -0.137. The number of hydrogen-bond acceptors (Lipinski definition) is 4. The lowest BCUT2D eigenvalue weighted by Crippen LogP contribution is -2.22. The van der Waals surface area contributed by atoms with Gasteiger partial charge < -0.3 is 10.1 Å². The first-order valence-corrected chi connectivity index (χ1v) is 7.89. The number of thiol groups is 1. The van der Waals surface area contributed by atoms with Crippen molar-refractivity contribution in [2.75, 3.05) is 19.7 Å². The summed E-state index contributed by atoms with van der Waals surface area (Å²) in [6.07, 6.45) is 10.6. The molecule has 19 heavy (non-hydrogen) atoms. The fraction of sp³-hybridized carbons (Fsp3) is 0.800. The molecule has 0 rings (SSSR count). The summed E-state index contributed by atoms with van der Waals surface area (Å²) in [6.45, 7) is 7.72. The third kappa shape index (κ3) is 13.7. The highest BCUT2D eigenvalue weighted by atomic mass is 32.1. The summed E-state index contributed by atoms with van der Waals surface area (Å²) in [4.78, 5) is 11.2. The lowest BCUT2D eigenvalue weighted by atomic mass is 10.1. The van der Waals surface area contributed by atoms with Gasteiger partial charge in [0.1, 0.15) is 6.61 Å². The number of unbranched alkanes of at least 4 members (excludes halogenated alkanes) is 7. The summed E-state index contributed by atoms with van der Waals surface area (Å²) in [5.41, 5.74) is 0. The Kier molecular flexibility index (Phi) is 13.6. The van der Waals surface area contributed by atoms with Crippen molar-refractivity contribution in [2.24, 2.45) is 0 Å². The molecule has 0 saturated carbocycles. The molecular formula is C15H29NO2S. The first-order valence-electron chi connectivity index (χ1n) is 7.44. The van der Waals surface area contributed by atoms with Crippen molar-refractivity contribution in [2.45, 2.75) is 58.3 Å². The summed E-state index contributed by atoms with van der Waals surface area (Å²) in [6, 6.07) is 0. The maximum absolute atomic E-state index is 11.0. The first-order chi connectivity index (χ1) is 9.18. The fourth-order valence-electron chi connectivity index (χ4n) is 1.81. The van der Waals surface area contributed by atoms with Crippen LogP contribution < -0.4 is 5.32 Å². The van der Waals surface area contributed by atoms with Gasteiger partial charge in [-0.1, -0.05) is 58.4 Å². The van der Waals surface area contributed by atoms with Crippen LogP contribution in [0.4, 0.5) is 0 Å². The minimum atomic E-state index is -0.433. The SMILES string of the molecule is C=C(S)C(=O)OCCNCCCCCCCCCC. The largest absolute Gasteiger partial charge is 0.460 e. The van der Waals surface area contributed by atoms with Gasteiger partial charge in [0.05, 0.1) is 4.91 Å². The third-order valence-electron chi connectivity index (χ3n) is 2.95. The molecule has 0 aromatic rings. The molecule has 0 atom stereocenters. The second kappa shape index (κ2) is 13.9. The third-order valence-corrected chi connectivity index (χ3v) is 3.14. The molecule has 0 aliphatic heterocycles. The maximum atomic E-state index is 11.0. The van der Waals surface area contributed by atoms with E-state index in [0.717, 1.165) is 6.54 Å². The van der Waals surface area contributed by atoms with Gasteiger partial charge in [-0.25, -0.2) is 4.79 Å². The van der Waals surface area contributed by atoms with Crippen molar-refractivity contribution in [1.82, 2.24) is 5.32 Å². The van der Waals surface area contributed by atoms with E-state index in [9.17, 15) is 4.79 Å². The molecule has 0 aliphatic carbocycles. The van der Waals surface area contributed by atoms with Crippen LogP contribution in [0.5, 0.6) is 0 Å². The fourth-order valence-corrected chi connectivity index (χ4v) is 1.87. The Balaban J connectivity index is 3.07. The van der Waals surface area contributed by atoms with Crippen molar-refractivity contribution in [3.05, 3.63) is 11.5 Å². The number of nitrogens with one attached hydrogen (secondary N) is 1. The normalized spacial score (nSPS) is 10.4. The highest BCUT2D eigenvalue weighted by Crippen LogP contribution is 2.07. The monoisotopic (exact) mass is 287 g/mol. The molecule has 0 fully saturated rings. The topological polar surface area (TPSA) is 38.3 Å². The standard InChI is InChI=1S/C15H29NO2S/c1-3-4-5-6-7-8-9-10-11-16-12-13-18-15(17)14(2)19/h16,19H,2-13H2,1H3. The Bertz CT molecular complexity index is 244. The summed E-state index contributed by atoms with van der Waals surface area (Å²) in [7, 11) is 0. The van der Waals surface area contributed by atoms with Gasteiger partial charge >= 0.3 is 5.97 Å². The van der Waals surface area contributed by atoms with E-state index in [1.165, 1.54) is 51.4 Å². The minimum absolute atomic E-state index is 0.156. The molecule has 0 aromatic heterocycles. The highest BCUT2D eigenvalue weighted by molar-refractivity contribution is 7.85. The average molecular weight is 287 g/mol. The van der Waals surface area contributed by atoms with Crippen molar-refractivity contribution < 1.29 is 9.53 Å². The van der Waals surface area contributed by atoms with E-state index in [1.807, 2.05) is 0 Å². The van der Waals surface area contributed by atoms with E-state index < -0.39 is 5.97 Å². The van der Waals surface area contributed by atoms with Gasteiger partial charge in [0, 0.05) is 6.54 Å². The number of carbonyl (C=O) groups excluding carboxylic acids is 1. The molecule has 0 aliphatic rings. The van der Waals surface area contributed by atoms with Gasteiger partial charge in [-0.2, -0.15) is 0 Å². The Morgan fingerprint density at radius 3 is 2.21 bits per heavy atom. The maximum Gasteiger partial charge on any atom is 0.343 e. The molecule has 0 heterocycles. The second-order valence-corrected chi connectivity index (χ2v) is 5.35. The number of hydrogen-bond donors (Lipinski definition) is 2. The van der Waals surface area contributed by atoms with Gasteiger partial charge in [-0.3, -0.25) is 0 Å². The summed E-state index contributed by atoms with van der Waals surface area (Å²) in [5.74, 6) is -0.433. The van der Waals surface area contributed by atoms with Crippen molar-refractivity contribution >= 4 is 18.6 Å². The zero-order chi connectivity index (χ0) is 14.3. The molecule has 0 bridgehead atoms. The summed E-state index contributed by atoms with van der Waals surface area (Å²) < 4.78 is 4.91. The predicted octanol–water partition coefficient (Wildman–Crippen LogP) is 3.70. The van der Waals surface area contributed by atoms with Crippen molar-refractivity contribution in [3.63, 3.8) is 0 Å². The Hall–Kier alpha value is -0.480. The van der Waals surface area contributed by atoms with E-state index in [0.29, 0.717) is 13.2 Å². The first kappa shape index (κ1) is 18.5. The Morgan fingerprint density at radius 2 is 1.63 bits per heavy atom. The molecule has 1 N–H and O–H groups in total. The predicted molar refractivity (Wildman–Crippen MR) is 84.6 cm³/mol. The number of carbonyl (C=O) groups is 1. The van der Waals surface area contributed by atoms with Crippen LogP contribution in [0.15, 0.2) is 11.5 Å². The molecule has 3 nitrogen and oxygen atoms in total. The van der Waals surface area contributed by atoms with Crippen LogP contribution in [0.1, 0.15) is 58.3 Å². The molecule has 112 valence electrons. The van der Waals surface area contributed by atoms with E-state index >= 15 is 0 Å². The quantitative estimate of drug-likeness (QED) is 0.235. The molecule has 0 radical (unpaired) electrons. The van der Waals surface area contributed by atoms with Gasteiger partial charge in [0.25, 0.3) is 0 Å². The van der Waals surface area contributed by atoms with Crippen LogP contribution in [0.3, 0.4) is 0 Å². The molecule has 4 heteroatoms. The van der Waals surface area contributed by atoms with Gasteiger partial charge in [-0.15, -0.1) is 12.6 Å². The van der Waals surface area contributed by atoms with Gasteiger partial charge in [-0.05, 0) is 13.0 Å². The Labute approximate surface area is 123 Å². The van der Waals surface area contributed by atoms with Crippen LogP contribution in [-0.2, 0) is 9.53 Å². The van der Waals surface area contributed by atoms with Crippen molar-refractivity contribution in [3.8, 4) is 0 Å². The zero-order valence-electron chi connectivity index (χ0n) is 12.2. The summed E-state index contributed by atoms with van der Waals surface area (Å²) in [5, 5.41) is 3.26. The molecule has 0 saturated heterocycles. The van der Waals surface area contributed by atoms with Crippen molar-refractivity contribution in [1.29, 1.82) is 0 Å². The van der Waals surface area contributed by atoms with E-state index in [4.69, 9.17) is 4.74 Å². The molecule has 0 spiro atoms. The van der Waals surface area contributed by atoms with Crippen LogP contribution in [-0.4, -0.2) is 25.7 Å². The van der Waals surface area contributed by atoms with Crippen LogP contribution in [0, 0.1) is 0 Å². The highest BCUT2D eigenvalue weighted by Gasteiger charge is 2.02. The van der Waals surface area contributed by atoms with E-state index in [-0.39, 0.29) is 4.91 Å². The van der Waals surface area contributed by atoms with Crippen LogP contribution in [0.2, 0.25) is 0 Å². The molecule has 0 aromatic carbocycles. The van der Waals surface area contributed by atoms with Gasteiger partial charge in [0.2, 0.25) is 0 Å². The molecule has 0 unspecified atom stereocenters. The van der Waals surface area contributed by atoms with Crippen LogP contribution in [0.25, 0.3) is 0 Å². The molecular weight excluding hydrogens is 258 g/mol. The lowest BCUT2D eigenvalue weighted by Gasteiger charge is -2.06. The van der Waals surface area contributed by atoms with E-state index in [1.54, 1.807) is 0 Å². The Morgan fingerprint density at radius 1 is 1.05 bits per heavy atom. The number of ether oxygens (including phenoxy) is 1.